The van der Waals surface area contributed by atoms with E-state index in [1.807, 2.05) is 6.20 Å². The van der Waals surface area contributed by atoms with Gasteiger partial charge in [-0.05, 0) is 13.0 Å². The van der Waals surface area contributed by atoms with E-state index in [9.17, 15) is 0 Å². The van der Waals surface area contributed by atoms with Crippen molar-refractivity contribution in [3.8, 4) is 6.07 Å². The molecule has 88 valence electrons. The van der Waals surface area contributed by atoms with Crippen molar-refractivity contribution in [1.82, 2.24) is 14.9 Å². The number of nitrogens with zero attached hydrogens (tertiary/aromatic N) is 3. The molecule has 1 rings (SSSR count). The van der Waals surface area contributed by atoms with Gasteiger partial charge in [-0.2, -0.15) is 5.26 Å². The minimum Gasteiger partial charge on any atom is -0.332 e. The molecule has 0 aliphatic carbocycles. The van der Waals surface area contributed by atoms with Crippen LogP contribution in [0, 0.1) is 11.3 Å². The molecule has 1 atom stereocenters. The predicted octanol–water partition coefficient (Wildman–Crippen LogP) is 1.90. The molecule has 1 aromatic rings. The van der Waals surface area contributed by atoms with Crippen molar-refractivity contribution in [3.63, 3.8) is 0 Å². The van der Waals surface area contributed by atoms with E-state index < -0.39 is 0 Å². The second kappa shape index (κ2) is 6.29. The summed E-state index contributed by atoms with van der Waals surface area (Å²) in [5.74, 6) is 1.43. The lowest BCUT2D eigenvalue weighted by atomic mass is 10.2. The Hall–Kier alpha value is -1.34. The van der Waals surface area contributed by atoms with Crippen molar-refractivity contribution in [3.05, 3.63) is 18.2 Å². The molecule has 1 heterocycles. The Morgan fingerprint density at radius 2 is 2.31 bits per heavy atom. The summed E-state index contributed by atoms with van der Waals surface area (Å²) in [6, 6.07) is 2.15. The molecule has 4 heteroatoms. The maximum atomic E-state index is 9.03. The molecule has 16 heavy (non-hydrogen) atoms. The number of nitrogens with one attached hydrogen (secondary N) is 1. The SMILES string of the molecule is CCCNC(C#N)Cn1ccnc1C(C)C. The highest BCUT2D eigenvalue weighted by Gasteiger charge is 2.11. The minimum absolute atomic E-state index is 0.133. The third-order valence-corrected chi connectivity index (χ3v) is 2.44. The molecule has 0 aliphatic rings. The fraction of sp³-hybridized carbons (Fsp3) is 0.667. The third-order valence-electron chi connectivity index (χ3n) is 2.44. The summed E-state index contributed by atoms with van der Waals surface area (Å²) in [5, 5.41) is 12.2. The zero-order valence-corrected chi connectivity index (χ0v) is 10.3. The number of rotatable bonds is 6. The van der Waals surface area contributed by atoms with Crippen LogP contribution in [0.4, 0.5) is 0 Å². The van der Waals surface area contributed by atoms with Gasteiger partial charge < -0.3 is 9.88 Å². The maximum Gasteiger partial charge on any atom is 0.113 e. The van der Waals surface area contributed by atoms with E-state index in [-0.39, 0.29) is 6.04 Å². The lowest BCUT2D eigenvalue weighted by Gasteiger charge is -2.15. The quantitative estimate of drug-likeness (QED) is 0.796. The largest absolute Gasteiger partial charge is 0.332 e. The van der Waals surface area contributed by atoms with Gasteiger partial charge in [0.2, 0.25) is 0 Å². The lowest BCUT2D eigenvalue weighted by molar-refractivity contribution is 0.502. The van der Waals surface area contributed by atoms with Gasteiger partial charge in [0.25, 0.3) is 0 Å². The van der Waals surface area contributed by atoms with Crippen LogP contribution in [0.1, 0.15) is 38.9 Å². The van der Waals surface area contributed by atoms with E-state index in [0.717, 1.165) is 18.8 Å². The van der Waals surface area contributed by atoms with Gasteiger partial charge in [0.1, 0.15) is 11.9 Å². The molecule has 1 N–H and O–H groups in total. The molecule has 0 fully saturated rings. The molecule has 0 aliphatic heterocycles. The molecule has 1 unspecified atom stereocenters. The third kappa shape index (κ3) is 3.35. The first-order chi connectivity index (χ1) is 7.69. The first kappa shape index (κ1) is 12.7. The lowest BCUT2D eigenvalue weighted by Crippen LogP contribution is -2.32. The molecule has 1 aromatic heterocycles. The summed E-state index contributed by atoms with van der Waals surface area (Å²) < 4.78 is 2.06. The first-order valence-corrected chi connectivity index (χ1v) is 5.83. The standard InChI is InChI=1S/C12H20N4/c1-4-5-14-11(8-13)9-16-7-6-15-12(16)10(2)3/h6-7,10-11,14H,4-5,9H2,1-3H3. The Kier molecular flexibility index (Phi) is 5.00. The van der Waals surface area contributed by atoms with Crippen LogP contribution in [0.2, 0.25) is 0 Å². The summed E-state index contributed by atoms with van der Waals surface area (Å²) in [4.78, 5) is 4.31. The molecule has 0 radical (unpaired) electrons. The Labute approximate surface area is 97.3 Å². The Morgan fingerprint density at radius 3 is 2.88 bits per heavy atom. The molecule has 0 saturated heterocycles. The smallest absolute Gasteiger partial charge is 0.113 e. The Morgan fingerprint density at radius 1 is 1.56 bits per heavy atom. The molecular weight excluding hydrogens is 200 g/mol. The Bertz CT molecular complexity index is 348. The van der Waals surface area contributed by atoms with Crippen molar-refractivity contribution in [2.75, 3.05) is 6.54 Å². The maximum absolute atomic E-state index is 9.03. The molecular formula is C12H20N4. The van der Waals surface area contributed by atoms with Crippen molar-refractivity contribution in [1.29, 1.82) is 5.26 Å². The molecule has 0 spiro atoms. The van der Waals surface area contributed by atoms with Gasteiger partial charge >= 0.3 is 0 Å². The van der Waals surface area contributed by atoms with Crippen molar-refractivity contribution < 1.29 is 0 Å². The van der Waals surface area contributed by atoms with Crippen molar-refractivity contribution in [2.24, 2.45) is 0 Å². The van der Waals surface area contributed by atoms with Gasteiger partial charge in [-0.1, -0.05) is 20.8 Å². The minimum atomic E-state index is -0.133. The van der Waals surface area contributed by atoms with Gasteiger partial charge in [-0.15, -0.1) is 0 Å². The van der Waals surface area contributed by atoms with Crippen LogP contribution in [0.15, 0.2) is 12.4 Å². The van der Waals surface area contributed by atoms with Gasteiger partial charge in [-0.25, -0.2) is 4.98 Å². The monoisotopic (exact) mass is 220 g/mol. The van der Waals surface area contributed by atoms with Crippen LogP contribution in [0.3, 0.4) is 0 Å². The van der Waals surface area contributed by atoms with Crippen LogP contribution in [-0.4, -0.2) is 22.1 Å². The van der Waals surface area contributed by atoms with Gasteiger partial charge in [0.05, 0.1) is 12.6 Å². The number of imidazole rings is 1. The van der Waals surface area contributed by atoms with Gasteiger partial charge in [0.15, 0.2) is 0 Å². The van der Waals surface area contributed by atoms with Crippen LogP contribution in [-0.2, 0) is 6.54 Å². The summed E-state index contributed by atoms with van der Waals surface area (Å²) in [6.45, 7) is 7.87. The van der Waals surface area contributed by atoms with E-state index in [0.29, 0.717) is 12.5 Å². The average Bonchev–Trinajstić information content (AvgIpc) is 2.72. The highest BCUT2D eigenvalue weighted by atomic mass is 15.1. The highest BCUT2D eigenvalue weighted by Crippen LogP contribution is 2.11. The van der Waals surface area contributed by atoms with Crippen molar-refractivity contribution >= 4 is 0 Å². The number of aromatic nitrogens is 2. The highest BCUT2D eigenvalue weighted by molar-refractivity contribution is 5.00. The summed E-state index contributed by atoms with van der Waals surface area (Å²) in [6.07, 6.45) is 4.77. The van der Waals surface area contributed by atoms with Crippen molar-refractivity contribution in [2.45, 2.75) is 45.7 Å². The van der Waals surface area contributed by atoms with E-state index in [2.05, 4.69) is 41.7 Å². The van der Waals surface area contributed by atoms with E-state index >= 15 is 0 Å². The number of nitriles is 1. The van der Waals surface area contributed by atoms with Crippen LogP contribution >= 0.6 is 0 Å². The average molecular weight is 220 g/mol. The number of hydrogen-bond acceptors (Lipinski definition) is 3. The first-order valence-electron chi connectivity index (χ1n) is 5.83. The van der Waals surface area contributed by atoms with Gasteiger partial charge in [0, 0.05) is 18.3 Å². The summed E-state index contributed by atoms with van der Waals surface area (Å²) in [7, 11) is 0. The summed E-state index contributed by atoms with van der Waals surface area (Å²) >= 11 is 0. The zero-order valence-electron chi connectivity index (χ0n) is 10.3. The fourth-order valence-electron chi connectivity index (χ4n) is 1.64. The second-order valence-electron chi connectivity index (χ2n) is 4.23. The van der Waals surface area contributed by atoms with Crippen LogP contribution in [0.5, 0.6) is 0 Å². The van der Waals surface area contributed by atoms with E-state index in [1.165, 1.54) is 0 Å². The number of hydrogen-bond donors (Lipinski definition) is 1. The molecule has 0 saturated carbocycles. The molecule has 0 aromatic carbocycles. The second-order valence-corrected chi connectivity index (χ2v) is 4.23. The molecule has 0 amide bonds. The van der Waals surface area contributed by atoms with Crippen LogP contribution < -0.4 is 5.32 Å². The fourth-order valence-corrected chi connectivity index (χ4v) is 1.64. The molecule has 0 bridgehead atoms. The van der Waals surface area contributed by atoms with E-state index in [1.54, 1.807) is 6.20 Å². The zero-order chi connectivity index (χ0) is 12.0. The van der Waals surface area contributed by atoms with E-state index in [4.69, 9.17) is 5.26 Å². The topological polar surface area (TPSA) is 53.6 Å². The summed E-state index contributed by atoms with van der Waals surface area (Å²) in [5.41, 5.74) is 0. The Balaban J connectivity index is 2.63. The predicted molar refractivity (Wildman–Crippen MR) is 64.0 cm³/mol. The normalized spacial score (nSPS) is 12.7. The van der Waals surface area contributed by atoms with Crippen LogP contribution in [0.25, 0.3) is 0 Å². The molecule has 4 nitrogen and oxygen atoms in total. The van der Waals surface area contributed by atoms with Gasteiger partial charge in [-0.3, -0.25) is 0 Å².